The Hall–Kier alpha value is -3.12. The van der Waals surface area contributed by atoms with Crippen LogP contribution >= 0.6 is 0 Å². The van der Waals surface area contributed by atoms with Crippen molar-refractivity contribution < 1.29 is 42.9 Å². The molecule has 3 rings (SSSR count). The van der Waals surface area contributed by atoms with Gasteiger partial charge in [-0.15, -0.1) is 0 Å². The monoisotopic (exact) mass is 574 g/mol. The lowest BCUT2D eigenvalue weighted by molar-refractivity contribution is -0.120. The molecule has 0 aromatic carbocycles. The first-order chi connectivity index (χ1) is 19.3. The standard InChI is InChI=1S/C30H42N2O9/c1-15-10-9-11-16(2)28(35)32-21-14-19(33)13-20(23(21)34)24(38-7)17(3)12-22(37-6)25(39-8)18(4)27-30(5,41-27)26(15)40-29(31)36/h9-11,13-15,17-18,22,24-27H,12H2,1-8H3,(H2,31,36)(H,32,35)/b10-9-,16-11+/t15-,17-,18+,22-,24+,25+,26+,27?,30?/m0/s1. The number of ketones is 2. The Morgan fingerprint density at radius 3 is 2.34 bits per heavy atom. The summed E-state index contributed by atoms with van der Waals surface area (Å²) in [5, 5.41) is 2.56. The second kappa shape index (κ2) is 13.2. The molecule has 0 saturated carbocycles. The van der Waals surface area contributed by atoms with E-state index in [1.165, 1.54) is 13.2 Å². The fraction of sp³-hybridized carbons (Fsp3) is 0.600. The van der Waals surface area contributed by atoms with Gasteiger partial charge in [0.05, 0.1) is 30.1 Å². The van der Waals surface area contributed by atoms with Crippen LogP contribution in [0, 0.1) is 17.8 Å². The lowest BCUT2D eigenvalue weighted by Crippen LogP contribution is -2.45. The van der Waals surface area contributed by atoms with E-state index in [1.54, 1.807) is 39.4 Å². The molecule has 2 heterocycles. The number of hydrogen-bond donors (Lipinski definition) is 2. The molecule has 2 bridgehead atoms. The molecule has 0 spiro atoms. The zero-order chi connectivity index (χ0) is 30.6. The number of carbonyl (C=O) groups is 4. The van der Waals surface area contributed by atoms with Crippen molar-refractivity contribution in [1.82, 2.24) is 5.32 Å². The predicted octanol–water partition coefficient (Wildman–Crippen LogP) is 2.55. The Morgan fingerprint density at radius 2 is 1.76 bits per heavy atom. The third-order valence-electron chi connectivity index (χ3n) is 8.25. The van der Waals surface area contributed by atoms with Gasteiger partial charge in [-0.05, 0) is 32.3 Å². The highest BCUT2D eigenvalue weighted by Crippen LogP contribution is 2.49. The van der Waals surface area contributed by atoms with Crippen molar-refractivity contribution >= 4 is 23.6 Å². The minimum atomic E-state index is -0.923. The van der Waals surface area contributed by atoms with Crippen molar-refractivity contribution in [3.8, 4) is 0 Å². The third kappa shape index (κ3) is 7.03. The molecule has 2 aliphatic heterocycles. The van der Waals surface area contributed by atoms with E-state index in [2.05, 4.69) is 5.32 Å². The molecule has 226 valence electrons. The highest BCUT2D eigenvalue weighted by Gasteiger charge is 2.64. The van der Waals surface area contributed by atoms with Gasteiger partial charge in [0.15, 0.2) is 5.78 Å². The molecule has 1 aliphatic carbocycles. The normalized spacial score (nSPS) is 38.9. The molecule has 0 radical (unpaired) electrons. The summed E-state index contributed by atoms with van der Waals surface area (Å²) in [5.41, 5.74) is 4.89. The summed E-state index contributed by atoms with van der Waals surface area (Å²) in [6.45, 7) is 9.17. The van der Waals surface area contributed by atoms with Gasteiger partial charge in [0.1, 0.15) is 11.7 Å². The molecule has 0 aromatic rings. The smallest absolute Gasteiger partial charge is 0.404 e. The van der Waals surface area contributed by atoms with E-state index < -0.39 is 53.6 Å². The van der Waals surface area contributed by atoms with Crippen LogP contribution in [-0.4, -0.2) is 81.0 Å². The number of primary amides is 1. The summed E-state index contributed by atoms with van der Waals surface area (Å²) in [7, 11) is 4.63. The maximum Gasteiger partial charge on any atom is 0.404 e. The van der Waals surface area contributed by atoms with Gasteiger partial charge >= 0.3 is 6.09 Å². The minimum Gasteiger partial charge on any atom is -0.443 e. The van der Waals surface area contributed by atoms with Crippen LogP contribution in [0.5, 0.6) is 0 Å². The molecule has 41 heavy (non-hydrogen) atoms. The first kappa shape index (κ1) is 32.4. The molecule has 1 saturated heterocycles. The highest BCUT2D eigenvalue weighted by atomic mass is 16.7. The molecule has 11 heteroatoms. The molecule has 3 N–H and O–H groups in total. The van der Waals surface area contributed by atoms with Crippen molar-refractivity contribution in [2.45, 2.75) is 77.2 Å². The van der Waals surface area contributed by atoms with Crippen LogP contribution in [0.3, 0.4) is 0 Å². The summed E-state index contributed by atoms with van der Waals surface area (Å²) in [6.07, 6.45) is 4.14. The summed E-state index contributed by atoms with van der Waals surface area (Å²) in [5.74, 6) is -2.30. The van der Waals surface area contributed by atoms with Gasteiger partial charge < -0.3 is 34.7 Å². The van der Waals surface area contributed by atoms with E-state index in [0.29, 0.717) is 12.0 Å². The second-order valence-electron chi connectivity index (χ2n) is 11.2. The van der Waals surface area contributed by atoms with Crippen LogP contribution in [0.25, 0.3) is 0 Å². The number of allylic oxidation sites excluding steroid dienone is 5. The van der Waals surface area contributed by atoms with E-state index in [0.717, 1.165) is 6.08 Å². The number of methoxy groups -OCH3 is 3. The SMILES string of the molecule is CO[C@H]1[C@@H](OC)C[C@H](C)[C@@H](OC)C2=CC(=O)C=C(NC(=O)/C(C)=C/C=C\[C@H](C)[C@@H](OC(N)=O)C3(C)OC3[C@@H]1C)C2=O. The first-order valence-corrected chi connectivity index (χ1v) is 13.7. The Labute approximate surface area is 241 Å². The van der Waals surface area contributed by atoms with Gasteiger partial charge in [0, 0.05) is 50.4 Å². The number of ether oxygens (including phenoxy) is 5. The molecule has 2 unspecified atom stereocenters. The molecule has 11 nitrogen and oxygen atoms in total. The van der Waals surface area contributed by atoms with E-state index >= 15 is 0 Å². The summed E-state index contributed by atoms with van der Waals surface area (Å²) < 4.78 is 29.3. The maximum absolute atomic E-state index is 13.4. The average molecular weight is 575 g/mol. The van der Waals surface area contributed by atoms with Gasteiger partial charge in [-0.2, -0.15) is 0 Å². The number of amides is 2. The maximum atomic E-state index is 13.4. The number of nitrogens with one attached hydrogen (secondary N) is 1. The fourth-order valence-electron chi connectivity index (χ4n) is 6.07. The van der Waals surface area contributed by atoms with Crippen LogP contribution in [0.2, 0.25) is 0 Å². The van der Waals surface area contributed by atoms with Gasteiger partial charge in [0.2, 0.25) is 5.78 Å². The minimum absolute atomic E-state index is 0.124. The Kier molecular flexibility index (Phi) is 10.5. The quantitative estimate of drug-likeness (QED) is 0.381. The van der Waals surface area contributed by atoms with Crippen molar-refractivity contribution in [2.75, 3.05) is 21.3 Å². The summed E-state index contributed by atoms with van der Waals surface area (Å²) >= 11 is 0. The molecule has 9 atom stereocenters. The molecular formula is C30H42N2O9. The molecular weight excluding hydrogens is 532 g/mol. The predicted molar refractivity (Wildman–Crippen MR) is 149 cm³/mol. The summed E-state index contributed by atoms with van der Waals surface area (Å²) in [4.78, 5) is 50.7. The van der Waals surface area contributed by atoms with Crippen LogP contribution in [0.4, 0.5) is 4.79 Å². The number of epoxide rings is 1. The summed E-state index contributed by atoms with van der Waals surface area (Å²) in [6, 6.07) is 0. The van der Waals surface area contributed by atoms with Crippen molar-refractivity contribution in [2.24, 2.45) is 23.5 Å². The zero-order valence-corrected chi connectivity index (χ0v) is 25.0. The van der Waals surface area contributed by atoms with Gasteiger partial charge in [0.25, 0.3) is 5.91 Å². The Bertz CT molecular complexity index is 1170. The first-order valence-electron chi connectivity index (χ1n) is 13.7. The Morgan fingerprint density at radius 1 is 1.07 bits per heavy atom. The lowest BCUT2D eigenvalue weighted by Gasteiger charge is -2.34. The van der Waals surface area contributed by atoms with Gasteiger partial charge in [-0.3, -0.25) is 14.4 Å². The topological polar surface area (TPSA) is 156 Å². The largest absolute Gasteiger partial charge is 0.443 e. The second-order valence-corrected chi connectivity index (χ2v) is 11.2. The van der Waals surface area contributed by atoms with E-state index in [1.807, 2.05) is 27.7 Å². The number of rotatable bonds is 4. The van der Waals surface area contributed by atoms with Crippen LogP contribution in [-0.2, 0) is 38.1 Å². The molecule has 1 fully saturated rings. The average Bonchev–Trinajstić information content (AvgIpc) is 3.61. The number of fused-ring (bicyclic) bond motifs is 3. The molecule has 0 aromatic heterocycles. The van der Waals surface area contributed by atoms with Crippen LogP contribution < -0.4 is 11.1 Å². The third-order valence-corrected chi connectivity index (χ3v) is 8.25. The van der Waals surface area contributed by atoms with E-state index in [4.69, 9.17) is 29.4 Å². The van der Waals surface area contributed by atoms with Crippen LogP contribution in [0.15, 0.2) is 47.2 Å². The fourth-order valence-corrected chi connectivity index (χ4v) is 6.07. The van der Waals surface area contributed by atoms with Crippen molar-refractivity contribution in [3.05, 3.63) is 47.2 Å². The zero-order valence-electron chi connectivity index (χ0n) is 25.0. The Balaban J connectivity index is 2.06. The molecule has 2 amide bonds. The number of carbonyl (C=O) groups excluding carboxylic acids is 4. The lowest BCUT2D eigenvalue weighted by atomic mass is 9.80. The number of nitrogens with two attached hydrogens (primary N) is 1. The number of hydrogen-bond acceptors (Lipinski definition) is 9. The highest BCUT2D eigenvalue weighted by molar-refractivity contribution is 6.22. The van der Waals surface area contributed by atoms with Crippen molar-refractivity contribution in [1.29, 1.82) is 0 Å². The van der Waals surface area contributed by atoms with E-state index in [9.17, 15) is 19.2 Å². The van der Waals surface area contributed by atoms with E-state index in [-0.39, 0.29) is 35.1 Å². The van der Waals surface area contributed by atoms with Gasteiger partial charge in [-0.1, -0.05) is 39.0 Å². The van der Waals surface area contributed by atoms with Crippen molar-refractivity contribution in [3.63, 3.8) is 0 Å². The van der Waals surface area contributed by atoms with Crippen LogP contribution in [0.1, 0.15) is 41.0 Å². The van der Waals surface area contributed by atoms with Gasteiger partial charge in [-0.25, -0.2) is 4.79 Å². The molecule has 3 aliphatic rings. The number of Topliss-reactive ketones (excluding diaryl/α,β-unsaturated/α-hetero) is 1.